The quantitative estimate of drug-likeness (QED) is 0.889. The number of aliphatic hydroxyl groups excluding tert-OH is 1. The molecule has 20 heavy (non-hydrogen) atoms. The molecule has 108 valence electrons. The molecule has 0 radical (unpaired) electrons. The number of pyridine rings is 1. The van der Waals surface area contributed by atoms with E-state index in [0.29, 0.717) is 30.8 Å². The van der Waals surface area contributed by atoms with E-state index in [4.69, 9.17) is 10.4 Å². The third kappa shape index (κ3) is 4.98. The Morgan fingerprint density at radius 2 is 2.15 bits per heavy atom. The highest BCUT2D eigenvalue weighted by Gasteiger charge is 2.22. The zero-order chi connectivity index (χ0) is 15.2. The van der Waals surface area contributed by atoms with Crippen LogP contribution in [0.3, 0.4) is 0 Å². The van der Waals surface area contributed by atoms with Crippen molar-refractivity contribution in [2.45, 2.75) is 27.2 Å². The molecule has 1 aromatic rings. The summed E-state index contributed by atoms with van der Waals surface area (Å²) in [6.07, 6.45) is 1.94. The van der Waals surface area contributed by atoms with Crippen molar-refractivity contribution in [3.63, 3.8) is 0 Å². The number of nitrogens with zero attached hydrogens (tertiary/aromatic N) is 3. The minimum atomic E-state index is -0.169. The standard InChI is InChI=1S/C15H21N3O2/c1-15(2,3)11-18(7-4-8-19)14(20)13-6-5-12(9-16)10-17-13/h5-6,10,19H,4,7-8,11H2,1-3H3. The second-order valence-corrected chi connectivity index (χ2v) is 5.91. The van der Waals surface area contributed by atoms with Crippen molar-refractivity contribution in [1.82, 2.24) is 9.88 Å². The maximum atomic E-state index is 12.4. The second-order valence-electron chi connectivity index (χ2n) is 5.91. The van der Waals surface area contributed by atoms with Crippen molar-refractivity contribution in [3.05, 3.63) is 29.6 Å². The highest BCUT2D eigenvalue weighted by Crippen LogP contribution is 2.17. The van der Waals surface area contributed by atoms with Crippen LogP contribution in [-0.4, -0.2) is 40.6 Å². The molecule has 1 amide bonds. The first kappa shape index (κ1) is 16.1. The molecular formula is C15H21N3O2. The second kappa shape index (κ2) is 7.01. The monoisotopic (exact) mass is 275 g/mol. The van der Waals surface area contributed by atoms with Crippen molar-refractivity contribution >= 4 is 5.91 Å². The fourth-order valence-electron chi connectivity index (χ4n) is 1.84. The molecule has 1 rings (SSSR count). The first-order chi connectivity index (χ1) is 9.37. The topological polar surface area (TPSA) is 77.2 Å². The number of aromatic nitrogens is 1. The molecule has 5 nitrogen and oxygen atoms in total. The maximum absolute atomic E-state index is 12.4. The zero-order valence-electron chi connectivity index (χ0n) is 12.3. The number of amides is 1. The van der Waals surface area contributed by atoms with Gasteiger partial charge in [0.25, 0.3) is 5.91 Å². The fraction of sp³-hybridized carbons (Fsp3) is 0.533. The van der Waals surface area contributed by atoms with E-state index in [1.807, 2.05) is 6.07 Å². The molecule has 0 atom stereocenters. The smallest absolute Gasteiger partial charge is 0.272 e. The van der Waals surface area contributed by atoms with E-state index in [1.165, 1.54) is 6.20 Å². The molecule has 0 aliphatic carbocycles. The molecule has 1 heterocycles. The Balaban J connectivity index is 2.88. The van der Waals surface area contributed by atoms with Crippen LogP contribution in [0.5, 0.6) is 0 Å². The van der Waals surface area contributed by atoms with Crippen LogP contribution in [0, 0.1) is 16.7 Å². The van der Waals surface area contributed by atoms with E-state index in [1.54, 1.807) is 17.0 Å². The Morgan fingerprint density at radius 1 is 1.45 bits per heavy atom. The van der Waals surface area contributed by atoms with Gasteiger partial charge in [-0.15, -0.1) is 0 Å². The Hall–Kier alpha value is -1.93. The molecular weight excluding hydrogens is 254 g/mol. The fourth-order valence-corrected chi connectivity index (χ4v) is 1.84. The summed E-state index contributed by atoms with van der Waals surface area (Å²) in [5.74, 6) is -0.169. The van der Waals surface area contributed by atoms with Crippen molar-refractivity contribution in [1.29, 1.82) is 5.26 Å². The van der Waals surface area contributed by atoms with Gasteiger partial charge in [-0.3, -0.25) is 4.79 Å². The average molecular weight is 275 g/mol. The lowest BCUT2D eigenvalue weighted by Gasteiger charge is -2.29. The average Bonchev–Trinajstić information content (AvgIpc) is 2.41. The Kier molecular flexibility index (Phi) is 5.66. The number of rotatable bonds is 5. The van der Waals surface area contributed by atoms with Gasteiger partial charge in [-0.1, -0.05) is 20.8 Å². The molecule has 0 saturated heterocycles. The number of aliphatic hydroxyl groups is 1. The molecule has 1 aromatic heterocycles. The van der Waals surface area contributed by atoms with Crippen molar-refractivity contribution in [2.75, 3.05) is 19.7 Å². The highest BCUT2D eigenvalue weighted by atomic mass is 16.3. The van der Waals surface area contributed by atoms with E-state index in [-0.39, 0.29) is 17.9 Å². The van der Waals surface area contributed by atoms with Crippen LogP contribution in [0.15, 0.2) is 18.3 Å². The minimum absolute atomic E-state index is 0.0300. The molecule has 0 aliphatic rings. The van der Waals surface area contributed by atoms with Gasteiger partial charge < -0.3 is 10.0 Å². The first-order valence-electron chi connectivity index (χ1n) is 6.63. The normalized spacial score (nSPS) is 10.9. The van der Waals surface area contributed by atoms with E-state index in [0.717, 1.165) is 0 Å². The molecule has 1 N–H and O–H groups in total. The molecule has 0 aliphatic heterocycles. The van der Waals surface area contributed by atoms with Crippen molar-refractivity contribution in [2.24, 2.45) is 5.41 Å². The van der Waals surface area contributed by atoms with Crippen LogP contribution in [-0.2, 0) is 0 Å². The van der Waals surface area contributed by atoms with E-state index < -0.39 is 0 Å². The van der Waals surface area contributed by atoms with Gasteiger partial charge in [0.2, 0.25) is 0 Å². The minimum Gasteiger partial charge on any atom is -0.396 e. The van der Waals surface area contributed by atoms with Crippen LogP contribution < -0.4 is 0 Å². The van der Waals surface area contributed by atoms with E-state index >= 15 is 0 Å². The summed E-state index contributed by atoms with van der Waals surface area (Å²) in [5, 5.41) is 17.7. The van der Waals surface area contributed by atoms with Crippen LogP contribution in [0.4, 0.5) is 0 Å². The summed E-state index contributed by atoms with van der Waals surface area (Å²) < 4.78 is 0. The van der Waals surface area contributed by atoms with Gasteiger partial charge in [0.1, 0.15) is 11.8 Å². The van der Waals surface area contributed by atoms with Gasteiger partial charge in [0, 0.05) is 25.9 Å². The van der Waals surface area contributed by atoms with Gasteiger partial charge in [-0.05, 0) is 24.0 Å². The Labute approximate surface area is 119 Å². The predicted molar refractivity (Wildman–Crippen MR) is 76.0 cm³/mol. The van der Waals surface area contributed by atoms with Crippen molar-refractivity contribution < 1.29 is 9.90 Å². The molecule has 0 saturated carbocycles. The summed E-state index contributed by atoms with van der Waals surface area (Å²) in [4.78, 5) is 18.2. The molecule has 0 aromatic carbocycles. The number of nitriles is 1. The van der Waals surface area contributed by atoms with Crippen LogP contribution in [0.25, 0.3) is 0 Å². The molecule has 0 fully saturated rings. The van der Waals surface area contributed by atoms with Gasteiger partial charge in [-0.2, -0.15) is 5.26 Å². The van der Waals surface area contributed by atoms with Gasteiger partial charge in [-0.25, -0.2) is 4.98 Å². The van der Waals surface area contributed by atoms with Gasteiger partial charge in [0.15, 0.2) is 0 Å². The highest BCUT2D eigenvalue weighted by molar-refractivity contribution is 5.92. The number of carbonyl (C=O) groups is 1. The largest absolute Gasteiger partial charge is 0.396 e. The van der Waals surface area contributed by atoms with Crippen LogP contribution in [0.1, 0.15) is 43.2 Å². The summed E-state index contributed by atoms with van der Waals surface area (Å²) in [7, 11) is 0. The Morgan fingerprint density at radius 3 is 2.60 bits per heavy atom. The molecule has 5 heteroatoms. The van der Waals surface area contributed by atoms with Gasteiger partial charge >= 0.3 is 0 Å². The number of hydrogen-bond donors (Lipinski definition) is 1. The maximum Gasteiger partial charge on any atom is 0.272 e. The van der Waals surface area contributed by atoms with Crippen molar-refractivity contribution in [3.8, 4) is 6.07 Å². The zero-order valence-corrected chi connectivity index (χ0v) is 12.3. The number of hydrogen-bond acceptors (Lipinski definition) is 4. The van der Waals surface area contributed by atoms with Crippen LogP contribution in [0.2, 0.25) is 0 Å². The summed E-state index contributed by atoms with van der Waals surface area (Å²) in [5.41, 5.74) is 0.725. The van der Waals surface area contributed by atoms with E-state index in [9.17, 15) is 4.79 Å². The Bertz CT molecular complexity index is 483. The van der Waals surface area contributed by atoms with Gasteiger partial charge in [0.05, 0.1) is 5.56 Å². The summed E-state index contributed by atoms with van der Waals surface area (Å²) >= 11 is 0. The molecule has 0 spiro atoms. The lowest BCUT2D eigenvalue weighted by Crippen LogP contribution is -2.39. The van der Waals surface area contributed by atoms with Crippen LogP contribution >= 0.6 is 0 Å². The van der Waals surface area contributed by atoms with E-state index in [2.05, 4.69) is 25.8 Å². The third-order valence-corrected chi connectivity index (χ3v) is 2.65. The first-order valence-corrected chi connectivity index (χ1v) is 6.63. The lowest BCUT2D eigenvalue weighted by atomic mass is 9.95. The summed E-state index contributed by atoms with van der Waals surface area (Å²) in [6.45, 7) is 7.30. The SMILES string of the molecule is CC(C)(C)CN(CCCO)C(=O)c1ccc(C#N)cn1. The third-order valence-electron chi connectivity index (χ3n) is 2.65. The predicted octanol–water partition coefficient (Wildman–Crippen LogP) is 1.82. The number of carbonyl (C=O) groups excluding carboxylic acids is 1. The summed E-state index contributed by atoms with van der Waals surface area (Å²) in [6, 6.07) is 5.12. The molecule has 0 bridgehead atoms. The molecule has 0 unspecified atom stereocenters. The lowest BCUT2D eigenvalue weighted by molar-refractivity contribution is 0.0676.